The van der Waals surface area contributed by atoms with Gasteiger partial charge in [-0.15, -0.1) is 0 Å². The fraction of sp³-hybridized carbons (Fsp3) is 0.412. The molecule has 2 aromatic rings. The Labute approximate surface area is 216 Å². The normalized spacial score (nSPS) is 21.9. The Bertz CT molecular complexity index is 1040. The third-order valence-corrected chi connectivity index (χ3v) is 17.5. The van der Waals surface area contributed by atoms with Crippen molar-refractivity contribution in [3.05, 3.63) is 104 Å². The van der Waals surface area contributed by atoms with Crippen molar-refractivity contribution in [2.75, 3.05) is 0 Å². The predicted octanol–water partition coefficient (Wildman–Crippen LogP) is 8.38. The van der Waals surface area contributed by atoms with Gasteiger partial charge in [0, 0.05) is 0 Å². The first-order valence-corrected chi connectivity index (χ1v) is 17.4. The number of hydrogen-bond acceptors (Lipinski definition) is 0. The third-order valence-electron chi connectivity index (χ3n) is 9.34. The van der Waals surface area contributed by atoms with E-state index in [-0.39, 0.29) is 0 Å². The number of hydrogen-bond donors (Lipinski definition) is 0. The molecule has 4 aliphatic rings. The molecule has 0 atom stereocenters. The molecule has 0 unspecified atom stereocenters. The van der Waals surface area contributed by atoms with Crippen molar-refractivity contribution in [3.8, 4) is 0 Å². The van der Waals surface area contributed by atoms with Gasteiger partial charge in [0.2, 0.25) is 0 Å². The van der Waals surface area contributed by atoms with E-state index < -0.39 is 16.6 Å². The Kier molecular flexibility index (Phi) is 7.13. The van der Waals surface area contributed by atoms with Crippen LogP contribution in [0.15, 0.2) is 104 Å². The Balaban J connectivity index is 1.64. The fourth-order valence-electron chi connectivity index (χ4n) is 7.80. The van der Waals surface area contributed by atoms with Crippen LogP contribution < -0.4 is 7.74 Å². The molecule has 2 saturated carbocycles. The molecule has 0 bridgehead atoms. The number of rotatable bonds is 6. The van der Waals surface area contributed by atoms with Crippen molar-refractivity contribution in [1.29, 1.82) is 0 Å². The monoisotopic (exact) mass is 496 g/mol. The molecule has 0 radical (unpaired) electrons. The first-order chi connectivity index (χ1) is 17.4. The molecule has 0 saturated heterocycles. The second-order valence-electron chi connectivity index (χ2n) is 11.2. The predicted molar refractivity (Wildman–Crippen MR) is 147 cm³/mol. The van der Waals surface area contributed by atoms with E-state index in [9.17, 15) is 0 Å². The van der Waals surface area contributed by atoms with E-state index in [1.54, 1.807) is 18.9 Å². The molecule has 0 amide bonds. The topological polar surface area (TPSA) is 0 Å². The van der Waals surface area contributed by atoms with Crippen LogP contribution >= 0.6 is 0 Å². The molecule has 0 aromatic heterocycles. The molecule has 35 heavy (non-hydrogen) atoms. The first-order valence-electron chi connectivity index (χ1n) is 14.3. The van der Waals surface area contributed by atoms with Gasteiger partial charge in [0.05, 0.1) is 0 Å². The SMILES string of the molecule is C1=CC(C2CCCCC2)=[C]([Ti]([C]2=C(C3CCCCC3)C=CC2)([c]2ccccc2)[c]2ccccc2)C1. The summed E-state index contributed by atoms with van der Waals surface area (Å²) in [4.78, 5) is 0. The Hall–Kier alpha value is -1.89. The zero-order valence-electron chi connectivity index (χ0n) is 21.2. The van der Waals surface area contributed by atoms with Crippen molar-refractivity contribution in [1.82, 2.24) is 0 Å². The molecule has 6 rings (SSSR count). The third kappa shape index (κ3) is 4.32. The van der Waals surface area contributed by atoms with Crippen LogP contribution in [-0.4, -0.2) is 0 Å². The van der Waals surface area contributed by atoms with Crippen LogP contribution in [0.5, 0.6) is 0 Å². The maximum absolute atomic E-state index is 3.10. The molecule has 0 aliphatic heterocycles. The molecular formula is C34H40Ti. The van der Waals surface area contributed by atoms with Crippen LogP contribution in [-0.2, 0) is 16.6 Å². The molecule has 1 heteroatoms. The van der Waals surface area contributed by atoms with Gasteiger partial charge in [0.15, 0.2) is 0 Å². The maximum atomic E-state index is 2.57. The van der Waals surface area contributed by atoms with Crippen LogP contribution in [0.3, 0.4) is 0 Å². The van der Waals surface area contributed by atoms with E-state index in [0.29, 0.717) is 0 Å². The van der Waals surface area contributed by atoms with E-state index in [1.807, 2.05) is 7.76 Å². The molecule has 0 spiro atoms. The zero-order chi connectivity index (χ0) is 23.5. The van der Waals surface area contributed by atoms with E-state index in [4.69, 9.17) is 0 Å². The van der Waals surface area contributed by atoms with Gasteiger partial charge in [-0.1, -0.05) is 0 Å². The first kappa shape index (κ1) is 23.5. The molecule has 2 aromatic carbocycles. The van der Waals surface area contributed by atoms with E-state index in [0.717, 1.165) is 24.7 Å². The summed E-state index contributed by atoms with van der Waals surface area (Å²) in [5, 5.41) is 0. The summed E-state index contributed by atoms with van der Waals surface area (Å²) in [6.07, 6.45) is 26.5. The summed E-state index contributed by atoms with van der Waals surface area (Å²) >= 11 is -3.10. The molecule has 0 nitrogen and oxygen atoms in total. The molecular weight excluding hydrogens is 456 g/mol. The van der Waals surface area contributed by atoms with Crippen molar-refractivity contribution in [2.45, 2.75) is 77.0 Å². The van der Waals surface area contributed by atoms with Crippen LogP contribution in [0.2, 0.25) is 0 Å². The van der Waals surface area contributed by atoms with E-state index >= 15 is 0 Å². The second-order valence-corrected chi connectivity index (χ2v) is 17.3. The van der Waals surface area contributed by atoms with Gasteiger partial charge in [0.25, 0.3) is 0 Å². The molecule has 0 N–H and O–H groups in total. The Morgan fingerprint density at radius 1 is 0.486 bits per heavy atom. The average molecular weight is 497 g/mol. The minimum atomic E-state index is -3.10. The summed E-state index contributed by atoms with van der Waals surface area (Å²) < 4.78 is 7.03. The van der Waals surface area contributed by atoms with Crippen LogP contribution in [0.1, 0.15) is 77.0 Å². The Morgan fingerprint density at radius 2 is 0.886 bits per heavy atom. The Morgan fingerprint density at radius 3 is 1.29 bits per heavy atom. The molecule has 4 aliphatic carbocycles. The van der Waals surface area contributed by atoms with Crippen molar-refractivity contribution >= 4 is 7.74 Å². The van der Waals surface area contributed by atoms with Crippen molar-refractivity contribution in [3.63, 3.8) is 0 Å². The second kappa shape index (κ2) is 10.6. The van der Waals surface area contributed by atoms with E-state index in [1.165, 1.54) is 64.2 Å². The summed E-state index contributed by atoms with van der Waals surface area (Å²) in [5.74, 6) is 1.53. The van der Waals surface area contributed by atoms with Crippen LogP contribution in [0, 0.1) is 11.8 Å². The van der Waals surface area contributed by atoms with Gasteiger partial charge >= 0.3 is 217 Å². The fourth-order valence-corrected chi connectivity index (χ4v) is 16.8. The van der Waals surface area contributed by atoms with Crippen molar-refractivity contribution < 1.29 is 16.6 Å². The van der Waals surface area contributed by atoms with Gasteiger partial charge in [-0.2, -0.15) is 0 Å². The number of benzene rings is 2. The standard InChI is InChI=1S/2C11H15.2C6H5.Ti/c2*1-2-6-10(7-3-1)11-8-4-5-9-11;2*1-2-4-6-5-3-1;/h2*4,8,10H,1-3,5-7H2;2*1-5H;. The summed E-state index contributed by atoms with van der Waals surface area (Å²) in [6, 6.07) is 23.7. The van der Waals surface area contributed by atoms with Crippen LogP contribution in [0.4, 0.5) is 0 Å². The summed E-state index contributed by atoms with van der Waals surface area (Å²) in [5.41, 5.74) is 3.50. The summed E-state index contributed by atoms with van der Waals surface area (Å²) in [7, 11) is 0. The van der Waals surface area contributed by atoms with Gasteiger partial charge in [-0.25, -0.2) is 0 Å². The average Bonchev–Trinajstić information content (AvgIpc) is 3.63. The van der Waals surface area contributed by atoms with Gasteiger partial charge in [-0.3, -0.25) is 0 Å². The molecule has 2 fully saturated rings. The van der Waals surface area contributed by atoms with Gasteiger partial charge in [0.1, 0.15) is 0 Å². The summed E-state index contributed by atoms with van der Waals surface area (Å²) in [6.45, 7) is 0. The van der Waals surface area contributed by atoms with E-state index in [2.05, 4.69) is 85.0 Å². The molecule has 0 heterocycles. The minimum absolute atomic E-state index is 0.767. The van der Waals surface area contributed by atoms with Crippen molar-refractivity contribution in [2.24, 2.45) is 11.8 Å². The van der Waals surface area contributed by atoms with Gasteiger partial charge in [-0.05, 0) is 0 Å². The van der Waals surface area contributed by atoms with Gasteiger partial charge < -0.3 is 0 Å². The molecule has 180 valence electrons. The zero-order valence-corrected chi connectivity index (χ0v) is 22.8. The number of allylic oxidation sites excluding steroid dienone is 8. The quantitative estimate of drug-likeness (QED) is 0.352. The van der Waals surface area contributed by atoms with Crippen LogP contribution in [0.25, 0.3) is 0 Å².